The SMILES string of the molecule is CCc1ccccc1NC(=O)CN(C)[C@H](C)C(=O)Nc1c(C)cc(C)cc1C. The van der Waals surface area contributed by atoms with Gasteiger partial charge in [0.25, 0.3) is 0 Å². The molecule has 2 amide bonds. The van der Waals surface area contributed by atoms with Crippen molar-refractivity contribution < 1.29 is 9.59 Å². The molecule has 0 radical (unpaired) electrons. The first-order chi connectivity index (χ1) is 13.2. The lowest BCUT2D eigenvalue weighted by Crippen LogP contribution is -2.43. The molecular weight excluding hydrogens is 350 g/mol. The smallest absolute Gasteiger partial charge is 0.241 e. The van der Waals surface area contributed by atoms with Crippen LogP contribution < -0.4 is 10.6 Å². The normalized spacial score (nSPS) is 12.0. The van der Waals surface area contributed by atoms with Gasteiger partial charge in [-0.2, -0.15) is 0 Å². The maximum atomic E-state index is 12.7. The molecule has 2 aromatic rings. The highest BCUT2D eigenvalue weighted by molar-refractivity contribution is 5.97. The number of carbonyl (C=O) groups is 2. The minimum Gasteiger partial charge on any atom is -0.325 e. The van der Waals surface area contributed by atoms with E-state index in [4.69, 9.17) is 0 Å². The van der Waals surface area contributed by atoms with Crippen molar-refractivity contribution in [1.82, 2.24) is 4.90 Å². The second kappa shape index (κ2) is 9.51. The molecule has 5 nitrogen and oxygen atoms in total. The van der Waals surface area contributed by atoms with Gasteiger partial charge in [0.15, 0.2) is 0 Å². The number of hydrogen-bond acceptors (Lipinski definition) is 3. The first-order valence-corrected chi connectivity index (χ1v) is 9.69. The van der Waals surface area contributed by atoms with Gasteiger partial charge >= 0.3 is 0 Å². The summed E-state index contributed by atoms with van der Waals surface area (Å²) < 4.78 is 0. The number of amides is 2. The first-order valence-electron chi connectivity index (χ1n) is 9.69. The molecule has 0 aliphatic carbocycles. The monoisotopic (exact) mass is 381 g/mol. The summed E-state index contributed by atoms with van der Waals surface area (Å²) in [7, 11) is 1.78. The molecule has 0 aliphatic rings. The summed E-state index contributed by atoms with van der Waals surface area (Å²) in [6.45, 7) is 10.0. The molecule has 0 saturated heterocycles. The van der Waals surface area contributed by atoms with Crippen LogP contribution in [0.25, 0.3) is 0 Å². The fourth-order valence-electron chi connectivity index (χ4n) is 3.31. The Hall–Kier alpha value is -2.66. The van der Waals surface area contributed by atoms with Gasteiger partial charge in [-0.25, -0.2) is 0 Å². The quantitative estimate of drug-likeness (QED) is 0.760. The lowest BCUT2D eigenvalue weighted by atomic mass is 10.0. The average molecular weight is 382 g/mol. The summed E-state index contributed by atoms with van der Waals surface area (Å²) in [5, 5.41) is 5.96. The predicted octanol–water partition coefficient (Wildman–Crippen LogP) is 4.07. The van der Waals surface area contributed by atoms with Crippen molar-refractivity contribution in [2.75, 3.05) is 24.2 Å². The zero-order valence-electron chi connectivity index (χ0n) is 17.7. The van der Waals surface area contributed by atoms with Crippen LogP contribution in [-0.2, 0) is 16.0 Å². The molecule has 0 bridgehead atoms. The molecule has 2 rings (SSSR count). The van der Waals surface area contributed by atoms with Crippen LogP contribution in [0.2, 0.25) is 0 Å². The van der Waals surface area contributed by atoms with E-state index < -0.39 is 6.04 Å². The van der Waals surface area contributed by atoms with E-state index in [9.17, 15) is 9.59 Å². The van der Waals surface area contributed by atoms with E-state index >= 15 is 0 Å². The lowest BCUT2D eigenvalue weighted by molar-refractivity contribution is -0.122. The number of benzene rings is 2. The zero-order valence-corrected chi connectivity index (χ0v) is 17.7. The van der Waals surface area contributed by atoms with Crippen molar-refractivity contribution in [3.8, 4) is 0 Å². The number of likely N-dealkylation sites (N-methyl/N-ethyl adjacent to an activating group) is 1. The summed E-state index contributed by atoms with van der Waals surface area (Å²) in [5.74, 6) is -0.259. The number of nitrogens with zero attached hydrogens (tertiary/aromatic N) is 1. The maximum Gasteiger partial charge on any atom is 0.241 e. The highest BCUT2D eigenvalue weighted by atomic mass is 16.2. The highest BCUT2D eigenvalue weighted by Crippen LogP contribution is 2.22. The van der Waals surface area contributed by atoms with E-state index in [-0.39, 0.29) is 18.4 Å². The van der Waals surface area contributed by atoms with Gasteiger partial charge in [-0.15, -0.1) is 0 Å². The third-order valence-corrected chi connectivity index (χ3v) is 5.03. The molecule has 0 heterocycles. The molecular formula is C23H31N3O2. The van der Waals surface area contributed by atoms with Crippen LogP contribution in [0.5, 0.6) is 0 Å². The van der Waals surface area contributed by atoms with Crippen LogP contribution in [0, 0.1) is 20.8 Å². The Bertz CT molecular complexity index is 838. The summed E-state index contributed by atoms with van der Waals surface area (Å²) in [6, 6.07) is 11.4. The lowest BCUT2D eigenvalue weighted by Gasteiger charge is -2.24. The van der Waals surface area contributed by atoms with E-state index in [1.165, 1.54) is 5.56 Å². The van der Waals surface area contributed by atoms with E-state index in [0.29, 0.717) is 0 Å². The maximum absolute atomic E-state index is 12.7. The Morgan fingerprint density at radius 2 is 1.64 bits per heavy atom. The van der Waals surface area contributed by atoms with Gasteiger partial charge in [-0.05, 0) is 63.9 Å². The Labute approximate surface area is 168 Å². The number of para-hydroxylation sites is 1. The van der Waals surface area contributed by atoms with Gasteiger partial charge in [0, 0.05) is 11.4 Å². The standard InChI is InChI=1S/C23H31N3O2/c1-7-19-10-8-9-11-20(19)24-21(27)14-26(6)18(5)23(28)25-22-16(3)12-15(2)13-17(22)4/h8-13,18H,7,14H2,1-6H3,(H,24,27)(H,25,28)/t18-/m1/s1. The number of nitrogens with one attached hydrogen (secondary N) is 2. The molecule has 5 heteroatoms. The summed E-state index contributed by atoms with van der Waals surface area (Å²) >= 11 is 0. The fraction of sp³-hybridized carbons (Fsp3) is 0.391. The Balaban J connectivity index is 1.99. The molecule has 0 aliphatic heterocycles. The van der Waals surface area contributed by atoms with Gasteiger partial charge in [0.1, 0.15) is 0 Å². The first kappa shape index (κ1) is 21.6. The van der Waals surface area contributed by atoms with Crippen molar-refractivity contribution in [2.45, 2.75) is 47.1 Å². The number of rotatable bonds is 7. The van der Waals surface area contributed by atoms with Crippen LogP contribution in [-0.4, -0.2) is 36.3 Å². The molecule has 150 valence electrons. The minimum absolute atomic E-state index is 0.126. The van der Waals surface area contributed by atoms with E-state index in [2.05, 4.69) is 29.7 Å². The van der Waals surface area contributed by atoms with Crippen LogP contribution in [0.15, 0.2) is 36.4 Å². The molecule has 0 saturated carbocycles. The summed E-state index contributed by atoms with van der Waals surface area (Å²) in [5.41, 5.74) is 6.00. The van der Waals surface area contributed by atoms with E-state index in [0.717, 1.165) is 34.5 Å². The molecule has 0 unspecified atom stereocenters. The second-order valence-electron chi connectivity index (χ2n) is 7.41. The average Bonchev–Trinajstić information content (AvgIpc) is 2.64. The van der Waals surface area contributed by atoms with Gasteiger partial charge in [0.05, 0.1) is 12.6 Å². The number of aryl methyl sites for hydroxylation is 4. The van der Waals surface area contributed by atoms with Gasteiger partial charge in [-0.3, -0.25) is 14.5 Å². The van der Waals surface area contributed by atoms with Crippen molar-refractivity contribution in [3.63, 3.8) is 0 Å². The van der Waals surface area contributed by atoms with E-state index in [1.807, 2.05) is 52.0 Å². The van der Waals surface area contributed by atoms with E-state index in [1.54, 1.807) is 11.9 Å². The molecule has 1 atom stereocenters. The van der Waals surface area contributed by atoms with Crippen LogP contribution >= 0.6 is 0 Å². The molecule has 0 aromatic heterocycles. The second-order valence-corrected chi connectivity index (χ2v) is 7.41. The van der Waals surface area contributed by atoms with Crippen molar-refractivity contribution >= 4 is 23.2 Å². The molecule has 0 spiro atoms. The predicted molar refractivity (Wildman–Crippen MR) is 116 cm³/mol. The number of carbonyl (C=O) groups excluding carboxylic acids is 2. The Morgan fingerprint density at radius 3 is 2.25 bits per heavy atom. The number of hydrogen-bond donors (Lipinski definition) is 2. The topological polar surface area (TPSA) is 61.4 Å². The Morgan fingerprint density at radius 1 is 1.04 bits per heavy atom. The van der Waals surface area contributed by atoms with Crippen molar-refractivity contribution in [1.29, 1.82) is 0 Å². The van der Waals surface area contributed by atoms with Gasteiger partial charge in [0.2, 0.25) is 11.8 Å². The van der Waals surface area contributed by atoms with Gasteiger partial charge < -0.3 is 10.6 Å². The van der Waals surface area contributed by atoms with Crippen LogP contribution in [0.1, 0.15) is 36.1 Å². The zero-order chi connectivity index (χ0) is 20.8. The molecule has 0 fully saturated rings. The summed E-state index contributed by atoms with van der Waals surface area (Å²) in [6.07, 6.45) is 0.848. The molecule has 28 heavy (non-hydrogen) atoms. The van der Waals surface area contributed by atoms with Gasteiger partial charge in [-0.1, -0.05) is 42.8 Å². The summed E-state index contributed by atoms with van der Waals surface area (Å²) in [4.78, 5) is 26.9. The third-order valence-electron chi connectivity index (χ3n) is 5.03. The number of anilines is 2. The third kappa shape index (κ3) is 5.42. The molecule has 2 aromatic carbocycles. The van der Waals surface area contributed by atoms with Crippen LogP contribution in [0.4, 0.5) is 11.4 Å². The van der Waals surface area contributed by atoms with Crippen molar-refractivity contribution in [3.05, 3.63) is 58.7 Å². The van der Waals surface area contributed by atoms with Crippen molar-refractivity contribution in [2.24, 2.45) is 0 Å². The fourth-order valence-corrected chi connectivity index (χ4v) is 3.31. The highest BCUT2D eigenvalue weighted by Gasteiger charge is 2.21. The largest absolute Gasteiger partial charge is 0.325 e. The van der Waals surface area contributed by atoms with Crippen LogP contribution in [0.3, 0.4) is 0 Å². The minimum atomic E-state index is -0.438. The molecule has 2 N–H and O–H groups in total. The Kier molecular flexibility index (Phi) is 7.35.